The first kappa shape index (κ1) is 36.9. The number of hydrogen-bond acceptors (Lipinski definition) is 1. The monoisotopic (exact) mass is 827 g/mol. The van der Waals surface area contributed by atoms with Crippen LogP contribution < -0.4 is 4.90 Å². The van der Waals surface area contributed by atoms with Gasteiger partial charge in [-0.1, -0.05) is 176 Å². The van der Waals surface area contributed by atoms with Crippen molar-refractivity contribution >= 4 is 82.2 Å². The van der Waals surface area contributed by atoms with Gasteiger partial charge < -0.3 is 14.0 Å². The first-order valence-corrected chi connectivity index (χ1v) is 22.4. The van der Waals surface area contributed by atoms with Crippen LogP contribution in [0.3, 0.4) is 0 Å². The standard InChI is InChI=1S/C62H41N3/c1-4-18-46(19-5-1)63(49-36-30-44(31-37-49)51-26-14-28-57-59(51)55-40-34-42-16-10-12-24-53(42)61(55)64(57)47-20-6-2-7-21-47)50-38-32-45(33-39-50)52-27-15-29-58-60(52)56-41-35-43-17-11-13-25-54(43)62(56)65(58)48-22-8-3-9-23-48/h1-41H. The second-order valence-electron chi connectivity index (χ2n) is 16.9. The van der Waals surface area contributed by atoms with E-state index in [1.54, 1.807) is 0 Å². The lowest BCUT2D eigenvalue weighted by Crippen LogP contribution is -2.09. The van der Waals surface area contributed by atoms with Crippen LogP contribution >= 0.6 is 0 Å². The van der Waals surface area contributed by atoms with Crippen LogP contribution in [0.2, 0.25) is 0 Å². The van der Waals surface area contributed by atoms with Crippen LogP contribution in [-0.2, 0) is 0 Å². The van der Waals surface area contributed by atoms with Crippen molar-refractivity contribution in [2.45, 2.75) is 0 Å². The van der Waals surface area contributed by atoms with Crippen LogP contribution in [0.5, 0.6) is 0 Å². The van der Waals surface area contributed by atoms with E-state index in [4.69, 9.17) is 0 Å². The van der Waals surface area contributed by atoms with Crippen LogP contribution in [-0.4, -0.2) is 9.13 Å². The van der Waals surface area contributed by atoms with Crippen molar-refractivity contribution in [3.8, 4) is 33.6 Å². The van der Waals surface area contributed by atoms with Crippen LogP contribution in [0.25, 0.3) is 98.8 Å². The summed E-state index contributed by atoms with van der Waals surface area (Å²) in [6.07, 6.45) is 0. The fraction of sp³-hybridized carbons (Fsp3) is 0. The number of benzene rings is 11. The van der Waals surface area contributed by atoms with E-state index < -0.39 is 0 Å². The van der Waals surface area contributed by atoms with Gasteiger partial charge in [0.25, 0.3) is 0 Å². The molecule has 0 saturated heterocycles. The van der Waals surface area contributed by atoms with E-state index in [9.17, 15) is 0 Å². The van der Waals surface area contributed by atoms with Gasteiger partial charge >= 0.3 is 0 Å². The smallest absolute Gasteiger partial charge is 0.0619 e. The Morgan fingerprint density at radius 2 is 0.646 bits per heavy atom. The van der Waals surface area contributed by atoms with Gasteiger partial charge in [-0.15, -0.1) is 0 Å². The molecule has 0 atom stereocenters. The molecule has 3 nitrogen and oxygen atoms in total. The predicted molar refractivity (Wildman–Crippen MR) is 276 cm³/mol. The number of anilines is 3. The third-order valence-electron chi connectivity index (χ3n) is 13.3. The molecule has 65 heavy (non-hydrogen) atoms. The fourth-order valence-corrected chi connectivity index (χ4v) is 10.4. The predicted octanol–water partition coefficient (Wildman–Crippen LogP) is 17.0. The number of para-hydroxylation sites is 3. The molecule has 0 unspecified atom stereocenters. The zero-order valence-electron chi connectivity index (χ0n) is 35.5. The van der Waals surface area contributed by atoms with Crippen molar-refractivity contribution in [3.63, 3.8) is 0 Å². The highest BCUT2D eigenvalue weighted by Gasteiger charge is 2.21. The maximum Gasteiger partial charge on any atom is 0.0619 e. The molecule has 0 saturated carbocycles. The topological polar surface area (TPSA) is 13.1 Å². The Morgan fingerprint density at radius 3 is 1.09 bits per heavy atom. The Kier molecular flexibility index (Phi) is 8.53. The average Bonchev–Trinajstić information content (AvgIpc) is 3.92. The second kappa shape index (κ2) is 15.0. The molecule has 304 valence electrons. The van der Waals surface area contributed by atoms with E-state index in [1.807, 2.05) is 0 Å². The number of nitrogens with zero attached hydrogens (tertiary/aromatic N) is 3. The molecule has 3 heteroatoms. The molecule has 0 N–H and O–H groups in total. The van der Waals surface area contributed by atoms with E-state index in [2.05, 4.69) is 263 Å². The fourth-order valence-electron chi connectivity index (χ4n) is 10.4. The SMILES string of the molecule is c1ccc(N(c2ccc(-c3cccc4c3c3ccc5ccccc5c3n4-c3ccccc3)cc2)c2ccc(-c3cccc4c3c3ccc5ccccc5c3n4-c3ccccc3)cc2)cc1. The summed E-state index contributed by atoms with van der Waals surface area (Å²) < 4.78 is 4.88. The minimum Gasteiger partial charge on any atom is -0.311 e. The second-order valence-corrected chi connectivity index (χ2v) is 16.9. The molecule has 0 spiro atoms. The summed E-state index contributed by atoms with van der Waals surface area (Å²) in [6.45, 7) is 0. The molecule has 0 bridgehead atoms. The Bertz CT molecular complexity index is 3660. The Morgan fingerprint density at radius 1 is 0.262 bits per heavy atom. The summed E-state index contributed by atoms with van der Waals surface area (Å²) in [7, 11) is 0. The number of aromatic nitrogens is 2. The van der Waals surface area contributed by atoms with E-state index in [1.165, 1.54) is 87.4 Å². The molecule has 0 amide bonds. The largest absolute Gasteiger partial charge is 0.311 e. The van der Waals surface area contributed by atoms with Crippen molar-refractivity contribution < 1.29 is 0 Å². The average molecular weight is 828 g/mol. The summed E-state index contributed by atoms with van der Waals surface area (Å²) >= 11 is 0. The molecule has 0 radical (unpaired) electrons. The first-order valence-electron chi connectivity index (χ1n) is 22.4. The van der Waals surface area contributed by atoms with E-state index in [0.29, 0.717) is 0 Å². The zero-order valence-corrected chi connectivity index (χ0v) is 35.5. The Labute approximate surface area is 376 Å². The summed E-state index contributed by atoms with van der Waals surface area (Å²) in [5, 5.41) is 10.00. The quantitative estimate of drug-likeness (QED) is 0.156. The highest BCUT2D eigenvalue weighted by atomic mass is 15.1. The molecule has 0 aliphatic heterocycles. The van der Waals surface area contributed by atoms with Crippen LogP contribution in [0.4, 0.5) is 17.1 Å². The van der Waals surface area contributed by atoms with Crippen molar-refractivity contribution in [2.24, 2.45) is 0 Å². The molecular formula is C62H41N3. The lowest BCUT2D eigenvalue weighted by Gasteiger charge is -2.26. The van der Waals surface area contributed by atoms with Crippen LogP contribution in [0, 0.1) is 0 Å². The highest BCUT2D eigenvalue weighted by Crippen LogP contribution is 2.45. The Hall–Kier alpha value is -8.66. The van der Waals surface area contributed by atoms with Crippen molar-refractivity contribution in [3.05, 3.63) is 249 Å². The molecule has 0 aliphatic rings. The lowest BCUT2D eigenvalue weighted by atomic mass is 9.97. The van der Waals surface area contributed by atoms with E-state index in [0.717, 1.165) is 28.4 Å². The van der Waals surface area contributed by atoms with Gasteiger partial charge in [-0.05, 0) is 106 Å². The molecular weight excluding hydrogens is 787 g/mol. The van der Waals surface area contributed by atoms with Gasteiger partial charge in [-0.2, -0.15) is 0 Å². The van der Waals surface area contributed by atoms with E-state index in [-0.39, 0.29) is 0 Å². The van der Waals surface area contributed by atoms with Gasteiger partial charge in [0.05, 0.1) is 22.1 Å². The zero-order chi connectivity index (χ0) is 42.8. The normalized spacial score (nSPS) is 11.7. The molecule has 11 aromatic carbocycles. The third kappa shape index (κ3) is 5.90. The highest BCUT2D eigenvalue weighted by molar-refractivity contribution is 6.23. The summed E-state index contributed by atoms with van der Waals surface area (Å²) in [6, 6.07) is 90.5. The molecule has 2 aromatic heterocycles. The Balaban J connectivity index is 0.929. The minimum atomic E-state index is 1.09. The van der Waals surface area contributed by atoms with Crippen molar-refractivity contribution in [1.29, 1.82) is 0 Å². The van der Waals surface area contributed by atoms with Crippen molar-refractivity contribution in [2.75, 3.05) is 4.90 Å². The van der Waals surface area contributed by atoms with Crippen molar-refractivity contribution in [1.82, 2.24) is 9.13 Å². The molecule has 2 heterocycles. The van der Waals surface area contributed by atoms with Gasteiger partial charge in [-0.25, -0.2) is 0 Å². The van der Waals surface area contributed by atoms with Crippen LogP contribution in [0.1, 0.15) is 0 Å². The number of rotatable bonds is 7. The summed E-state index contributed by atoms with van der Waals surface area (Å²) in [5.41, 5.74) is 15.3. The van der Waals surface area contributed by atoms with Gasteiger partial charge in [0, 0.05) is 60.8 Å². The lowest BCUT2D eigenvalue weighted by molar-refractivity contribution is 1.19. The maximum absolute atomic E-state index is 2.44. The number of hydrogen-bond donors (Lipinski definition) is 0. The maximum atomic E-state index is 2.44. The van der Waals surface area contributed by atoms with Gasteiger partial charge in [0.1, 0.15) is 0 Å². The summed E-state index contributed by atoms with van der Waals surface area (Å²) in [4.78, 5) is 2.36. The molecule has 13 aromatic rings. The molecule has 0 fully saturated rings. The summed E-state index contributed by atoms with van der Waals surface area (Å²) in [5.74, 6) is 0. The van der Waals surface area contributed by atoms with Gasteiger partial charge in [0.15, 0.2) is 0 Å². The first-order chi connectivity index (χ1) is 32.3. The van der Waals surface area contributed by atoms with Gasteiger partial charge in [0.2, 0.25) is 0 Å². The van der Waals surface area contributed by atoms with Crippen LogP contribution in [0.15, 0.2) is 249 Å². The van der Waals surface area contributed by atoms with E-state index >= 15 is 0 Å². The minimum absolute atomic E-state index is 1.09. The molecule has 13 rings (SSSR count). The molecule has 0 aliphatic carbocycles. The van der Waals surface area contributed by atoms with Gasteiger partial charge in [-0.3, -0.25) is 0 Å². The number of fused-ring (bicyclic) bond motifs is 10. The third-order valence-corrected chi connectivity index (χ3v) is 13.3.